The molecular formula is C13H16OS. The molecule has 0 aromatic heterocycles. The van der Waals surface area contributed by atoms with Crippen LogP contribution in [0.15, 0.2) is 42.5 Å². The zero-order valence-electron chi connectivity index (χ0n) is 8.85. The van der Waals surface area contributed by atoms with E-state index in [2.05, 4.69) is 62.0 Å². The number of fused-ring (bicyclic) bond motifs is 1. The van der Waals surface area contributed by atoms with Crippen LogP contribution in [0.2, 0.25) is 0 Å². The second-order valence-electron chi connectivity index (χ2n) is 3.30. The Labute approximate surface area is 96.2 Å². The molecule has 2 aromatic carbocycles. The third kappa shape index (κ3) is 3.94. The van der Waals surface area contributed by atoms with E-state index >= 15 is 0 Å². The summed E-state index contributed by atoms with van der Waals surface area (Å²) in [6.45, 7) is 2.30. The molecular weight excluding hydrogens is 204 g/mol. The lowest BCUT2D eigenvalue weighted by atomic mass is 10.1. The molecule has 0 aliphatic rings. The number of aliphatic hydroxyl groups excluding tert-OH is 1. The van der Waals surface area contributed by atoms with Gasteiger partial charge in [0.2, 0.25) is 0 Å². The highest BCUT2D eigenvalue weighted by molar-refractivity contribution is 7.80. The molecule has 0 aliphatic heterocycles. The van der Waals surface area contributed by atoms with Gasteiger partial charge in [0.25, 0.3) is 0 Å². The van der Waals surface area contributed by atoms with Gasteiger partial charge < -0.3 is 5.11 Å². The average molecular weight is 220 g/mol. The zero-order valence-corrected chi connectivity index (χ0v) is 9.74. The summed E-state index contributed by atoms with van der Waals surface area (Å²) in [5.74, 6) is 0.569. The zero-order chi connectivity index (χ0) is 11.1. The molecule has 0 saturated heterocycles. The van der Waals surface area contributed by atoms with Gasteiger partial charge in [0.05, 0.1) is 6.61 Å². The normalized spacial score (nSPS) is 9.53. The number of aryl methyl sites for hydroxylation is 1. The van der Waals surface area contributed by atoms with Crippen molar-refractivity contribution >= 4 is 23.4 Å². The number of aliphatic hydroxyl groups is 1. The summed E-state index contributed by atoms with van der Waals surface area (Å²) >= 11 is 3.67. The minimum Gasteiger partial charge on any atom is -0.396 e. The molecule has 0 heterocycles. The predicted octanol–water partition coefficient (Wildman–Crippen LogP) is 3.06. The highest BCUT2D eigenvalue weighted by Gasteiger charge is 1.89. The molecule has 0 aliphatic carbocycles. The minimum absolute atomic E-state index is 0.184. The first-order valence-electron chi connectivity index (χ1n) is 4.95. The second-order valence-corrected chi connectivity index (χ2v) is 3.75. The van der Waals surface area contributed by atoms with Gasteiger partial charge in [-0.1, -0.05) is 48.0 Å². The summed E-state index contributed by atoms with van der Waals surface area (Å²) in [6, 6.07) is 14.9. The predicted molar refractivity (Wildman–Crippen MR) is 69.6 cm³/mol. The molecule has 1 N–H and O–H groups in total. The van der Waals surface area contributed by atoms with E-state index < -0.39 is 0 Å². The van der Waals surface area contributed by atoms with Crippen LogP contribution in [0.4, 0.5) is 0 Å². The fourth-order valence-corrected chi connectivity index (χ4v) is 1.31. The van der Waals surface area contributed by atoms with Crippen LogP contribution in [-0.4, -0.2) is 17.5 Å². The van der Waals surface area contributed by atoms with Crippen molar-refractivity contribution in [3.8, 4) is 0 Å². The van der Waals surface area contributed by atoms with Crippen LogP contribution in [0.1, 0.15) is 5.56 Å². The molecule has 0 bridgehead atoms. The average Bonchev–Trinajstić information content (AvgIpc) is 2.29. The molecule has 15 heavy (non-hydrogen) atoms. The number of hydrogen-bond acceptors (Lipinski definition) is 2. The van der Waals surface area contributed by atoms with Crippen LogP contribution in [0.25, 0.3) is 10.8 Å². The van der Waals surface area contributed by atoms with Gasteiger partial charge in [0, 0.05) is 5.75 Å². The molecule has 1 nitrogen and oxygen atoms in total. The Balaban J connectivity index is 0.000000245. The lowest BCUT2D eigenvalue weighted by Crippen LogP contribution is -1.76. The Hall–Kier alpha value is -0.990. The number of rotatable bonds is 1. The Morgan fingerprint density at radius 3 is 2.27 bits per heavy atom. The van der Waals surface area contributed by atoms with Crippen molar-refractivity contribution < 1.29 is 5.11 Å². The fraction of sp³-hybridized carbons (Fsp3) is 0.231. The number of hydrogen-bond donors (Lipinski definition) is 2. The lowest BCUT2D eigenvalue weighted by molar-refractivity contribution is 0.323. The van der Waals surface area contributed by atoms with Crippen molar-refractivity contribution in [3.63, 3.8) is 0 Å². The van der Waals surface area contributed by atoms with E-state index in [1.165, 1.54) is 16.3 Å². The van der Waals surface area contributed by atoms with Crippen LogP contribution in [0.5, 0.6) is 0 Å². The van der Waals surface area contributed by atoms with Crippen molar-refractivity contribution in [2.75, 3.05) is 12.4 Å². The maximum Gasteiger partial charge on any atom is 0.0519 e. The van der Waals surface area contributed by atoms with Crippen LogP contribution in [-0.2, 0) is 0 Å². The maximum absolute atomic E-state index is 7.80. The van der Waals surface area contributed by atoms with E-state index in [1.807, 2.05) is 0 Å². The summed E-state index contributed by atoms with van der Waals surface area (Å²) in [5, 5.41) is 10.4. The summed E-state index contributed by atoms with van der Waals surface area (Å²) < 4.78 is 0. The van der Waals surface area contributed by atoms with E-state index in [1.54, 1.807) is 0 Å². The molecule has 0 atom stereocenters. The lowest BCUT2D eigenvalue weighted by Gasteiger charge is -1.96. The SMILES string of the molecule is Cc1ccc2ccccc2c1.OCCS. The molecule has 80 valence electrons. The molecule has 0 spiro atoms. The minimum atomic E-state index is 0.184. The van der Waals surface area contributed by atoms with Crippen molar-refractivity contribution in [3.05, 3.63) is 48.0 Å². The fourth-order valence-electron chi connectivity index (χ4n) is 1.31. The first-order valence-corrected chi connectivity index (χ1v) is 5.58. The van der Waals surface area contributed by atoms with Gasteiger partial charge in [-0.15, -0.1) is 0 Å². The quantitative estimate of drug-likeness (QED) is 0.708. The molecule has 0 saturated carbocycles. The smallest absolute Gasteiger partial charge is 0.0519 e. The third-order valence-electron chi connectivity index (χ3n) is 2.00. The standard InChI is InChI=1S/C11H10.C2H6OS/c1-9-6-7-10-4-2-3-5-11(10)8-9;3-1-2-4/h2-8H,1H3;3-4H,1-2H2. The van der Waals surface area contributed by atoms with Gasteiger partial charge in [-0.05, 0) is 17.7 Å². The van der Waals surface area contributed by atoms with Gasteiger partial charge >= 0.3 is 0 Å². The summed E-state index contributed by atoms with van der Waals surface area (Å²) in [7, 11) is 0. The van der Waals surface area contributed by atoms with E-state index in [9.17, 15) is 0 Å². The largest absolute Gasteiger partial charge is 0.396 e. The van der Waals surface area contributed by atoms with E-state index in [-0.39, 0.29) is 6.61 Å². The summed E-state index contributed by atoms with van der Waals surface area (Å²) in [5.41, 5.74) is 1.32. The molecule has 0 amide bonds. The molecule has 2 heteroatoms. The Bertz CT molecular complexity index is 410. The van der Waals surface area contributed by atoms with Crippen LogP contribution >= 0.6 is 12.6 Å². The summed E-state index contributed by atoms with van der Waals surface area (Å²) in [6.07, 6.45) is 0. The Morgan fingerprint density at radius 1 is 1.07 bits per heavy atom. The maximum atomic E-state index is 7.80. The molecule has 0 radical (unpaired) electrons. The topological polar surface area (TPSA) is 20.2 Å². The number of thiol groups is 1. The van der Waals surface area contributed by atoms with Gasteiger partial charge in [0.15, 0.2) is 0 Å². The van der Waals surface area contributed by atoms with Crippen molar-refractivity contribution in [1.29, 1.82) is 0 Å². The monoisotopic (exact) mass is 220 g/mol. The Morgan fingerprint density at radius 2 is 1.67 bits per heavy atom. The Kier molecular flexibility index (Phi) is 5.22. The first kappa shape index (κ1) is 12.1. The van der Waals surface area contributed by atoms with Crippen LogP contribution in [0.3, 0.4) is 0 Å². The first-order chi connectivity index (χ1) is 7.27. The van der Waals surface area contributed by atoms with Crippen molar-refractivity contribution in [2.24, 2.45) is 0 Å². The number of benzene rings is 2. The third-order valence-corrected chi connectivity index (χ3v) is 2.20. The summed E-state index contributed by atoms with van der Waals surface area (Å²) in [4.78, 5) is 0. The van der Waals surface area contributed by atoms with Gasteiger partial charge in [-0.25, -0.2) is 0 Å². The van der Waals surface area contributed by atoms with Crippen molar-refractivity contribution in [1.82, 2.24) is 0 Å². The van der Waals surface area contributed by atoms with Gasteiger partial charge in [-0.3, -0.25) is 0 Å². The molecule has 2 rings (SSSR count). The molecule has 0 unspecified atom stereocenters. The molecule has 2 aromatic rings. The van der Waals surface area contributed by atoms with Crippen molar-refractivity contribution in [2.45, 2.75) is 6.92 Å². The second kappa shape index (κ2) is 6.49. The van der Waals surface area contributed by atoms with E-state index in [0.29, 0.717) is 5.75 Å². The highest BCUT2D eigenvalue weighted by Crippen LogP contribution is 2.14. The van der Waals surface area contributed by atoms with E-state index in [4.69, 9.17) is 5.11 Å². The van der Waals surface area contributed by atoms with E-state index in [0.717, 1.165) is 0 Å². The van der Waals surface area contributed by atoms with Crippen LogP contribution in [0, 0.1) is 6.92 Å². The van der Waals surface area contributed by atoms with Crippen LogP contribution < -0.4 is 0 Å². The van der Waals surface area contributed by atoms with Gasteiger partial charge in [0.1, 0.15) is 0 Å². The van der Waals surface area contributed by atoms with Gasteiger partial charge in [-0.2, -0.15) is 12.6 Å². The highest BCUT2D eigenvalue weighted by atomic mass is 32.1. The molecule has 0 fully saturated rings.